The molecular formula is C21H21N5O4. The van der Waals surface area contributed by atoms with Gasteiger partial charge in [-0.2, -0.15) is 0 Å². The number of rotatable bonds is 7. The average Bonchev–Trinajstić information content (AvgIpc) is 2.73. The molecule has 3 rings (SSSR count). The van der Waals surface area contributed by atoms with Crippen molar-refractivity contribution in [2.75, 3.05) is 22.5 Å². The van der Waals surface area contributed by atoms with Crippen molar-refractivity contribution >= 4 is 29.1 Å². The van der Waals surface area contributed by atoms with Crippen molar-refractivity contribution in [3.05, 3.63) is 88.0 Å². The number of benzene rings is 2. The van der Waals surface area contributed by atoms with Gasteiger partial charge >= 0.3 is 11.8 Å². The number of carboxylic acid groups (broad SMARTS) is 1. The van der Waals surface area contributed by atoms with Gasteiger partial charge < -0.3 is 16.2 Å². The van der Waals surface area contributed by atoms with Gasteiger partial charge in [0, 0.05) is 12.6 Å². The summed E-state index contributed by atoms with van der Waals surface area (Å²) >= 11 is 0. The summed E-state index contributed by atoms with van der Waals surface area (Å²) in [6, 6.07) is 19.8. The van der Waals surface area contributed by atoms with Crippen LogP contribution in [-0.4, -0.2) is 27.7 Å². The normalized spacial score (nSPS) is 10.6. The predicted octanol–water partition coefficient (Wildman–Crippen LogP) is 4.28. The van der Waals surface area contributed by atoms with Gasteiger partial charge in [0.25, 0.3) is 0 Å². The Bertz CT molecular complexity index is 1000. The molecule has 9 heteroatoms. The Hall–Kier alpha value is -4.14. The van der Waals surface area contributed by atoms with Crippen LogP contribution in [0, 0.1) is 10.1 Å². The predicted molar refractivity (Wildman–Crippen MR) is 115 cm³/mol. The SMILES string of the molecule is CCN(C(=O)O)c1cc(NC(c2ccccc2)c2ccccc2)c([N+](=O)[O-])c(N)n1. The molecule has 154 valence electrons. The van der Waals surface area contributed by atoms with Crippen LogP contribution in [0.2, 0.25) is 0 Å². The summed E-state index contributed by atoms with van der Waals surface area (Å²) in [5.74, 6) is -0.352. The van der Waals surface area contributed by atoms with Crippen LogP contribution in [0.5, 0.6) is 0 Å². The van der Waals surface area contributed by atoms with Crippen LogP contribution >= 0.6 is 0 Å². The Balaban J connectivity index is 2.15. The monoisotopic (exact) mass is 407 g/mol. The minimum Gasteiger partial charge on any atom is -0.465 e. The molecular weight excluding hydrogens is 386 g/mol. The molecule has 0 saturated heterocycles. The van der Waals surface area contributed by atoms with E-state index >= 15 is 0 Å². The second-order valence-corrected chi connectivity index (χ2v) is 6.44. The summed E-state index contributed by atoms with van der Waals surface area (Å²) in [6.07, 6.45) is -1.23. The maximum atomic E-state index is 11.7. The van der Waals surface area contributed by atoms with E-state index in [0.717, 1.165) is 16.0 Å². The molecule has 0 radical (unpaired) electrons. The Labute approximate surface area is 172 Å². The standard InChI is InChI=1S/C21H21N5O4/c1-2-25(21(27)28)17-13-16(19(26(29)30)20(22)24-17)23-18(14-9-5-3-6-10-14)15-11-7-4-8-12-15/h3-13,18H,2H2,1H3,(H,27,28)(H3,22,23,24). The maximum Gasteiger partial charge on any atom is 0.413 e. The van der Waals surface area contributed by atoms with E-state index in [9.17, 15) is 20.0 Å². The smallest absolute Gasteiger partial charge is 0.413 e. The van der Waals surface area contributed by atoms with Crippen LogP contribution in [0.1, 0.15) is 24.1 Å². The lowest BCUT2D eigenvalue weighted by atomic mass is 9.98. The van der Waals surface area contributed by atoms with E-state index in [1.807, 2.05) is 60.7 Å². The van der Waals surface area contributed by atoms with Crippen molar-refractivity contribution in [2.24, 2.45) is 0 Å². The summed E-state index contributed by atoms with van der Waals surface area (Å²) in [5, 5.41) is 24.3. The van der Waals surface area contributed by atoms with E-state index in [-0.39, 0.29) is 23.9 Å². The van der Waals surface area contributed by atoms with Gasteiger partial charge in [0.05, 0.1) is 11.0 Å². The summed E-state index contributed by atoms with van der Waals surface area (Å²) in [7, 11) is 0. The van der Waals surface area contributed by atoms with Crippen LogP contribution in [-0.2, 0) is 0 Å². The summed E-state index contributed by atoms with van der Waals surface area (Å²) < 4.78 is 0. The van der Waals surface area contributed by atoms with Crippen LogP contribution in [0.25, 0.3) is 0 Å². The van der Waals surface area contributed by atoms with Crippen molar-refractivity contribution in [1.29, 1.82) is 0 Å². The second-order valence-electron chi connectivity index (χ2n) is 6.44. The van der Waals surface area contributed by atoms with Crippen molar-refractivity contribution in [3.63, 3.8) is 0 Å². The quantitative estimate of drug-likeness (QED) is 0.393. The van der Waals surface area contributed by atoms with Crippen LogP contribution in [0.4, 0.5) is 27.8 Å². The van der Waals surface area contributed by atoms with Crippen molar-refractivity contribution < 1.29 is 14.8 Å². The highest BCUT2D eigenvalue weighted by atomic mass is 16.6. The van der Waals surface area contributed by atoms with Gasteiger partial charge in [-0.3, -0.25) is 15.0 Å². The summed E-state index contributed by atoms with van der Waals surface area (Å²) in [4.78, 5) is 27.5. The molecule has 0 fully saturated rings. The first-order valence-corrected chi connectivity index (χ1v) is 9.24. The highest BCUT2D eigenvalue weighted by molar-refractivity contribution is 5.87. The molecule has 0 bridgehead atoms. The molecule has 0 unspecified atom stereocenters. The number of carbonyl (C=O) groups is 1. The third-order valence-electron chi connectivity index (χ3n) is 4.58. The van der Waals surface area contributed by atoms with Crippen LogP contribution in [0.3, 0.4) is 0 Å². The Morgan fingerprint density at radius 3 is 2.13 bits per heavy atom. The first kappa shape index (κ1) is 20.6. The number of nitrogens with zero attached hydrogens (tertiary/aromatic N) is 3. The summed E-state index contributed by atoms with van der Waals surface area (Å²) in [6.45, 7) is 1.75. The van der Waals surface area contributed by atoms with E-state index < -0.39 is 22.7 Å². The molecule has 0 saturated carbocycles. The van der Waals surface area contributed by atoms with Gasteiger partial charge in [0.2, 0.25) is 5.82 Å². The Morgan fingerprint density at radius 1 is 1.17 bits per heavy atom. The number of aromatic nitrogens is 1. The zero-order chi connectivity index (χ0) is 21.7. The first-order valence-electron chi connectivity index (χ1n) is 9.24. The van der Waals surface area contributed by atoms with E-state index in [1.54, 1.807) is 6.92 Å². The zero-order valence-electron chi connectivity index (χ0n) is 16.2. The third-order valence-corrected chi connectivity index (χ3v) is 4.58. The Kier molecular flexibility index (Phi) is 6.11. The van der Waals surface area contributed by atoms with Crippen LogP contribution in [0.15, 0.2) is 66.7 Å². The highest BCUT2D eigenvalue weighted by Gasteiger charge is 2.27. The van der Waals surface area contributed by atoms with Gasteiger partial charge in [0.1, 0.15) is 11.5 Å². The molecule has 1 aromatic heterocycles. The number of nitro groups is 1. The molecule has 0 spiro atoms. The molecule has 3 aromatic rings. The molecule has 0 aliphatic heterocycles. The minimum atomic E-state index is -1.23. The van der Waals surface area contributed by atoms with E-state index in [4.69, 9.17) is 5.73 Å². The molecule has 2 aromatic carbocycles. The third kappa shape index (κ3) is 4.30. The second kappa shape index (κ2) is 8.91. The van der Waals surface area contributed by atoms with Crippen LogP contribution < -0.4 is 16.0 Å². The number of anilines is 3. The number of hydrogen-bond acceptors (Lipinski definition) is 6. The molecule has 30 heavy (non-hydrogen) atoms. The molecule has 9 nitrogen and oxygen atoms in total. The molecule has 0 aliphatic rings. The molecule has 0 atom stereocenters. The maximum absolute atomic E-state index is 11.7. The molecule has 1 amide bonds. The molecule has 4 N–H and O–H groups in total. The topological polar surface area (TPSA) is 135 Å². The minimum absolute atomic E-state index is 0.00970. The lowest BCUT2D eigenvalue weighted by Crippen LogP contribution is -2.30. The number of pyridine rings is 1. The van der Waals surface area contributed by atoms with E-state index in [1.165, 1.54) is 6.07 Å². The van der Waals surface area contributed by atoms with Gasteiger partial charge in [-0.1, -0.05) is 60.7 Å². The first-order chi connectivity index (χ1) is 14.4. The number of hydrogen-bond donors (Lipinski definition) is 3. The van der Waals surface area contributed by atoms with E-state index in [2.05, 4.69) is 10.3 Å². The number of amides is 1. The highest BCUT2D eigenvalue weighted by Crippen LogP contribution is 2.37. The fourth-order valence-electron chi connectivity index (χ4n) is 3.19. The average molecular weight is 407 g/mol. The van der Waals surface area contributed by atoms with Crippen molar-refractivity contribution in [3.8, 4) is 0 Å². The van der Waals surface area contributed by atoms with Crippen molar-refractivity contribution in [1.82, 2.24) is 4.98 Å². The van der Waals surface area contributed by atoms with Gasteiger partial charge in [-0.25, -0.2) is 9.78 Å². The van der Waals surface area contributed by atoms with Gasteiger partial charge in [-0.05, 0) is 18.1 Å². The Morgan fingerprint density at radius 2 is 1.70 bits per heavy atom. The molecule has 1 heterocycles. The number of nitrogens with two attached hydrogens (primary N) is 1. The van der Waals surface area contributed by atoms with Gasteiger partial charge in [0.15, 0.2) is 0 Å². The summed E-state index contributed by atoms with van der Waals surface area (Å²) in [5.41, 5.74) is 7.29. The molecule has 0 aliphatic carbocycles. The lowest BCUT2D eigenvalue weighted by Gasteiger charge is -2.23. The zero-order valence-corrected chi connectivity index (χ0v) is 16.2. The number of nitrogen functional groups attached to an aromatic ring is 1. The largest absolute Gasteiger partial charge is 0.465 e. The fraction of sp³-hybridized carbons (Fsp3) is 0.143. The number of nitrogens with one attached hydrogen (secondary N) is 1. The lowest BCUT2D eigenvalue weighted by molar-refractivity contribution is -0.383. The fourth-order valence-corrected chi connectivity index (χ4v) is 3.19. The van der Waals surface area contributed by atoms with Gasteiger partial charge in [-0.15, -0.1) is 0 Å². The van der Waals surface area contributed by atoms with E-state index in [0.29, 0.717) is 0 Å². The van der Waals surface area contributed by atoms with Crippen molar-refractivity contribution in [2.45, 2.75) is 13.0 Å².